The standard InChI is InChI=1S/C13H16N2O3/c1-15(6-2-3-13(16)17)8-10-4-5-11-12(7-10)18-9-14-11/h4-5,7,9H,2-3,6,8H2,1H3,(H,16,17). The summed E-state index contributed by atoms with van der Waals surface area (Å²) in [6, 6.07) is 5.91. The average molecular weight is 248 g/mol. The molecular formula is C13H16N2O3. The van der Waals surface area contributed by atoms with Gasteiger partial charge in [0.15, 0.2) is 12.0 Å². The molecule has 18 heavy (non-hydrogen) atoms. The van der Waals surface area contributed by atoms with Crippen LogP contribution in [-0.2, 0) is 11.3 Å². The second-order valence-corrected chi connectivity index (χ2v) is 4.39. The minimum absolute atomic E-state index is 0.214. The molecule has 0 fully saturated rings. The normalized spacial score (nSPS) is 11.2. The Morgan fingerprint density at radius 2 is 2.33 bits per heavy atom. The van der Waals surface area contributed by atoms with E-state index in [1.807, 2.05) is 25.2 Å². The Bertz CT molecular complexity index is 536. The van der Waals surface area contributed by atoms with E-state index in [2.05, 4.69) is 9.88 Å². The fraction of sp³-hybridized carbons (Fsp3) is 0.385. The van der Waals surface area contributed by atoms with Crippen LogP contribution in [0.4, 0.5) is 0 Å². The van der Waals surface area contributed by atoms with Crippen LogP contribution in [0.15, 0.2) is 29.0 Å². The zero-order chi connectivity index (χ0) is 13.0. The number of rotatable bonds is 6. The number of hydrogen-bond acceptors (Lipinski definition) is 4. The van der Waals surface area contributed by atoms with E-state index in [0.717, 1.165) is 29.8 Å². The molecule has 1 aromatic carbocycles. The molecule has 0 saturated carbocycles. The summed E-state index contributed by atoms with van der Waals surface area (Å²) in [6.07, 6.45) is 2.31. The van der Waals surface area contributed by atoms with Gasteiger partial charge < -0.3 is 14.4 Å². The van der Waals surface area contributed by atoms with Crippen molar-refractivity contribution in [3.63, 3.8) is 0 Å². The van der Waals surface area contributed by atoms with Crippen LogP contribution >= 0.6 is 0 Å². The van der Waals surface area contributed by atoms with E-state index in [1.54, 1.807) is 0 Å². The largest absolute Gasteiger partial charge is 0.481 e. The van der Waals surface area contributed by atoms with Crippen molar-refractivity contribution in [2.75, 3.05) is 13.6 Å². The van der Waals surface area contributed by atoms with Gasteiger partial charge >= 0.3 is 5.97 Å². The van der Waals surface area contributed by atoms with E-state index in [0.29, 0.717) is 6.42 Å². The first kappa shape index (κ1) is 12.6. The van der Waals surface area contributed by atoms with Gasteiger partial charge in [0.2, 0.25) is 0 Å². The molecule has 0 radical (unpaired) electrons. The highest BCUT2D eigenvalue weighted by Crippen LogP contribution is 2.15. The molecule has 96 valence electrons. The third-order valence-corrected chi connectivity index (χ3v) is 2.78. The summed E-state index contributed by atoms with van der Waals surface area (Å²) in [5.74, 6) is -0.744. The molecular weight excluding hydrogens is 232 g/mol. The molecule has 0 aliphatic rings. The van der Waals surface area contributed by atoms with Crippen molar-refractivity contribution < 1.29 is 14.3 Å². The van der Waals surface area contributed by atoms with E-state index < -0.39 is 5.97 Å². The van der Waals surface area contributed by atoms with Gasteiger partial charge in [0.1, 0.15) is 5.52 Å². The number of oxazole rings is 1. The van der Waals surface area contributed by atoms with E-state index in [4.69, 9.17) is 9.52 Å². The summed E-state index contributed by atoms with van der Waals surface area (Å²) < 4.78 is 5.25. The van der Waals surface area contributed by atoms with E-state index in [9.17, 15) is 4.79 Å². The molecule has 0 atom stereocenters. The van der Waals surface area contributed by atoms with Crippen LogP contribution in [0.5, 0.6) is 0 Å². The number of fused-ring (bicyclic) bond motifs is 1. The van der Waals surface area contributed by atoms with Crippen LogP contribution < -0.4 is 0 Å². The Kier molecular flexibility index (Phi) is 3.94. The number of carboxylic acids is 1. The molecule has 0 bridgehead atoms. The van der Waals surface area contributed by atoms with Gasteiger partial charge in [-0.15, -0.1) is 0 Å². The summed E-state index contributed by atoms with van der Waals surface area (Å²) in [5, 5.41) is 8.57. The minimum Gasteiger partial charge on any atom is -0.481 e. The third-order valence-electron chi connectivity index (χ3n) is 2.78. The number of carbonyl (C=O) groups is 1. The van der Waals surface area contributed by atoms with Gasteiger partial charge in [-0.25, -0.2) is 4.98 Å². The molecule has 0 aliphatic carbocycles. The number of hydrogen-bond donors (Lipinski definition) is 1. The molecule has 0 aliphatic heterocycles. The zero-order valence-electron chi connectivity index (χ0n) is 10.3. The smallest absolute Gasteiger partial charge is 0.303 e. The molecule has 5 heteroatoms. The van der Waals surface area contributed by atoms with Gasteiger partial charge in [-0.2, -0.15) is 0 Å². The minimum atomic E-state index is -0.744. The monoisotopic (exact) mass is 248 g/mol. The van der Waals surface area contributed by atoms with Crippen molar-refractivity contribution in [2.24, 2.45) is 0 Å². The Balaban J connectivity index is 1.89. The molecule has 0 saturated heterocycles. The Morgan fingerprint density at radius 1 is 1.50 bits per heavy atom. The van der Waals surface area contributed by atoms with Crippen molar-refractivity contribution in [2.45, 2.75) is 19.4 Å². The maximum Gasteiger partial charge on any atom is 0.303 e. The first-order valence-electron chi connectivity index (χ1n) is 5.87. The van der Waals surface area contributed by atoms with E-state index in [-0.39, 0.29) is 6.42 Å². The summed E-state index contributed by atoms with van der Waals surface area (Å²) >= 11 is 0. The van der Waals surface area contributed by atoms with Crippen LogP contribution in [0.3, 0.4) is 0 Å². The second-order valence-electron chi connectivity index (χ2n) is 4.39. The molecule has 1 aromatic heterocycles. The average Bonchev–Trinajstić information content (AvgIpc) is 2.75. The molecule has 2 rings (SSSR count). The highest BCUT2D eigenvalue weighted by atomic mass is 16.4. The lowest BCUT2D eigenvalue weighted by molar-refractivity contribution is -0.137. The van der Waals surface area contributed by atoms with Gasteiger partial charge in [0.25, 0.3) is 0 Å². The first-order chi connectivity index (χ1) is 8.65. The molecule has 0 unspecified atom stereocenters. The van der Waals surface area contributed by atoms with Gasteiger partial charge in [0, 0.05) is 13.0 Å². The summed E-state index contributed by atoms with van der Waals surface area (Å²) in [6.45, 7) is 1.54. The maximum atomic E-state index is 10.4. The number of carboxylic acid groups (broad SMARTS) is 1. The Morgan fingerprint density at radius 3 is 3.11 bits per heavy atom. The molecule has 1 heterocycles. The number of aliphatic carboxylic acids is 1. The van der Waals surface area contributed by atoms with Gasteiger partial charge in [0.05, 0.1) is 0 Å². The molecule has 2 aromatic rings. The van der Waals surface area contributed by atoms with E-state index in [1.165, 1.54) is 6.39 Å². The SMILES string of the molecule is CN(CCCC(=O)O)Cc1ccc2ncoc2c1. The quantitative estimate of drug-likeness (QED) is 0.848. The van der Waals surface area contributed by atoms with Crippen LogP contribution in [0, 0.1) is 0 Å². The summed E-state index contributed by atoms with van der Waals surface area (Å²) in [4.78, 5) is 16.6. The molecule has 1 N–H and O–H groups in total. The fourth-order valence-electron chi connectivity index (χ4n) is 1.89. The molecule has 0 spiro atoms. The number of benzene rings is 1. The third kappa shape index (κ3) is 3.30. The highest BCUT2D eigenvalue weighted by molar-refractivity contribution is 5.72. The van der Waals surface area contributed by atoms with Gasteiger partial charge in [-0.1, -0.05) is 6.07 Å². The lowest BCUT2D eigenvalue weighted by atomic mass is 10.2. The van der Waals surface area contributed by atoms with Crippen molar-refractivity contribution in [3.05, 3.63) is 30.2 Å². The molecule has 0 amide bonds. The van der Waals surface area contributed by atoms with Crippen molar-refractivity contribution in [3.8, 4) is 0 Å². The topological polar surface area (TPSA) is 66.6 Å². The maximum absolute atomic E-state index is 10.4. The Hall–Kier alpha value is -1.88. The predicted octanol–water partition coefficient (Wildman–Crippen LogP) is 2.12. The van der Waals surface area contributed by atoms with Crippen molar-refractivity contribution >= 4 is 17.1 Å². The Labute approximate surface area is 105 Å². The van der Waals surface area contributed by atoms with Crippen LogP contribution in [0.1, 0.15) is 18.4 Å². The summed E-state index contributed by atoms with van der Waals surface area (Å²) in [5.41, 5.74) is 2.77. The number of aromatic nitrogens is 1. The lowest BCUT2D eigenvalue weighted by Crippen LogP contribution is -2.19. The van der Waals surface area contributed by atoms with Crippen LogP contribution in [0.2, 0.25) is 0 Å². The van der Waals surface area contributed by atoms with Gasteiger partial charge in [-0.05, 0) is 37.7 Å². The zero-order valence-corrected chi connectivity index (χ0v) is 10.3. The predicted molar refractivity (Wildman–Crippen MR) is 67.2 cm³/mol. The summed E-state index contributed by atoms with van der Waals surface area (Å²) in [7, 11) is 1.98. The fourth-order valence-corrected chi connectivity index (χ4v) is 1.89. The first-order valence-corrected chi connectivity index (χ1v) is 5.87. The van der Waals surface area contributed by atoms with Crippen LogP contribution in [0.25, 0.3) is 11.1 Å². The highest BCUT2D eigenvalue weighted by Gasteiger charge is 2.05. The lowest BCUT2D eigenvalue weighted by Gasteiger charge is -2.15. The van der Waals surface area contributed by atoms with Gasteiger partial charge in [-0.3, -0.25) is 4.79 Å². The van der Waals surface area contributed by atoms with Crippen LogP contribution in [-0.4, -0.2) is 34.6 Å². The second kappa shape index (κ2) is 5.64. The number of nitrogens with zero attached hydrogens (tertiary/aromatic N) is 2. The van der Waals surface area contributed by atoms with E-state index >= 15 is 0 Å². The molecule has 5 nitrogen and oxygen atoms in total. The van der Waals surface area contributed by atoms with Crippen molar-refractivity contribution in [1.82, 2.24) is 9.88 Å². The van der Waals surface area contributed by atoms with Crippen molar-refractivity contribution in [1.29, 1.82) is 0 Å².